The van der Waals surface area contributed by atoms with Gasteiger partial charge < -0.3 is 9.47 Å². The van der Waals surface area contributed by atoms with Crippen molar-refractivity contribution >= 4 is 0 Å². The van der Waals surface area contributed by atoms with E-state index in [9.17, 15) is 0 Å². The van der Waals surface area contributed by atoms with Crippen LogP contribution < -0.4 is 9.47 Å². The van der Waals surface area contributed by atoms with Crippen molar-refractivity contribution in [2.75, 3.05) is 19.8 Å². The molecule has 6 nitrogen and oxygen atoms in total. The first-order chi connectivity index (χ1) is 12.7. The average Bonchev–Trinajstić information content (AvgIpc) is 3.27. The highest BCUT2D eigenvalue weighted by Gasteiger charge is 2.30. The third kappa shape index (κ3) is 4.14. The van der Waals surface area contributed by atoms with E-state index in [0.29, 0.717) is 13.2 Å². The smallest absolute Gasteiger partial charge is 0.127 e. The van der Waals surface area contributed by atoms with E-state index in [2.05, 4.69) is 34.4 Å². The van der Waals surface area contributed by atoms with Crippen molar-refractivity contribution in [3.8, 4) is 11.5 Å². The second kappa shape index (κ2) is 8.67. The quantitative estimate of drug-likeness (QED) is 0.637. The summed E-state index contributed by atoms with van der Waals surface area (Å²) in [5.74, 6) is 1.58. The van der Waals surface area contributed by atoms with Crippen molar-refractivity contribution in [2.45, 2.75) is 32.4 Å². The first-order valence-corrected chi connectivity index (χ1v) is 8.86. The van der Waals surface area contributed by atoms with Gasteiger partial charge in [0.1, 0.15) is 36.1 Å². The van der Waals surface area contributed by atoms with Crippen LogP contribution in [0.5, 0.6) is 11.5 Å². The fourth-order valence-electron chi connectivity index (χ4n) is 3.28. The molecule has 138 valence electrons. The standard InChI is InChI=1S/C20H25N3O3/c1-4-11-24-17-9-8-16(19(13-17)25-12-5-2)14-23-10-6-7-18(23)20-15(3)21-26-22-20/h4-5,8-9,13,18H,1-2,6-7,10-12,14H2,3H3/t18-/m1/s1. The summed E-state index contributed by atoms with van der Waals surface area (Å²) in [6.45, 7) is 12.0. The van der Waals surface area contributed by atoms with Gasteiger partial charge in [-0.05, 0) is 32.4 Å². The van der Waals surface area contributed by atoms with E-state index in [1.807, 2.05) is 19.1 Å². The minimum absolute atomic E-state index is 0.227. The zero-order valence-electron chi connectivity index (χ0n) is 15.2. The number of aryl methyl sites for hydroxylation is 1. The lowest BCUT2D eigenvalue weighted by Crippen LogP contribution is -2.24. The Hall–Kier alpha value is -2.60. The van der Waals surface area contributed by atoms with Crippen LogP contribution in [-0.2, 0) is 6.54 Å². The number of nitrogens with zero attached hydrogens (tertiary/aromatic N) is 3. The van der Waals surface area contributed by atoms with Crippen molar-refractivity contribution < 1.29 is 14.1 Å². The Labute approximate surface area is 154 Å². The molecule has 0 unspecified atom stereocenters. The van der Waals surface area contributed by atoms with E-state index in [1.54, 1.807) is 12.2 Å². The minimum atomic E-state index is 0.227. The van der Waals surface area contributed by atoms with Crippen LogP contribution in [-0.4, -0.2) is 35.0 Å². The van der Waals surface area contributed by atoms with E-state index >= 15 is 0 Å². The minimum Gasteiger partial charge on any atom is -0.489 e. The Morgan fingerprint density at radius 3 is 2.77 bits per heavy atom. The number of aromatic nitrogens is 2. The number of rotatable bonds is 9. The summed E-state index contributed by atoms with van der Waals surface area (Å²) in [7, 11) is 0. The monoisotopic (exact) mass is 355 g/mol. The second-order valence-electron chi connectivity index (χ2n) is 6.33. The Kier molecular flexibility index (Phi) is 6.07. The van der Waals surface area contributed by atoms with Crippen molar-refractivity contribution in [1.82, 2.24) is 15.2 Å². The Bertz CT molecular complexity index is 757. The maximum atomic E-state index is 5.87. The van der Waals surface area contributed by atoms with E-state index in [4.69, 9.17) is 14.1 Å². The summed E-state index contributed by atoms with van der Waals surface area (Å²) in [5.41, 5.74) is 2.90. The van der Waals surface area contributed by atoms with Gasteiger partial charge in [-0.3, -0.25) is 4.90 Å². The molecule has 0 spiro atoms. The van der Waals surface area contributed by atoms with Crippen LogP contribution in [0.3, 0.4) is 0 Å². The average molecular weight is 355 g/mol. The van der Waals surface area contributed by atoms with Crippen molar-refractivity contribution in [3.63, 3.8) is 0 Å². The summed E-state index contributed by atoms with van der Waals surface area (Å²) in [5, 5.41) is 8.04. The van der Waals surface area contributed by atoms with Crippen molar-refractivity contribution in [2.24, 2.45) is 0 Å². The molecule has 1 fully saturated rings. The zero-order valence-corrected chi connectivity index (χ0v) is 15.2. The number of hydrogen-bond acceptors (Lipinski definition) is 6. The Morgan fingerprint density at radius 1 is 1.23 bits per heavy atom. The summed E-state index contributed by atoms with van der Waals surface area (Å²) < 4.78 is 16.4. The predicted molar refractivity (Wildman–Crippen MR) is 99.2 cm³/mol. The molecule has 26 heavy (non-hydrogen) atoms. The van der Waals surface area contributed by atoms with Crippen LogP contribution in [0.15, 0.2) is 48.1 Å². The molecule has 0 bridgehead atoms. The third-order valence-corrected chi connectivity index (χ3v) is 4.50. The molecule has 0 radical (unpaired) electrons. The molecule has 1 aromatic carbocycles. The third-order valence-electron chi connectivity index (χ3n) is 4.50. The highest BCUT2D eigenvalue weighted by atomic mass is 16.6. The number of hydrogen-bond donors (Lipinski definition) is 0. The van der Waals surface area contributed by atoms with Crippen molar-refractivity contribution in [1.29, 1.82) is 0 Å². The van der Waals surface area contributed by atoms with Gasteiger partial charge in [0, 0.05) is 18.2 Å². The van der Waals surface area contributed by atoms with Gasteiger partial charge in [0.25, 0.3) is 0 Å². The van der Waals surface area contributed by atoms with E-state index in [1.165, 1.54) is 0 Å². The van der Waals surface area contributed by atoms with E-state index in [-0.39, 0.29) is 6.04 Å². The molecule has 0 aliphatic carbocycles. The zero-order chi connectivity index (χ0) is 18.4. The first kappa shape index (κ1) is 18.2. The molecular weight excluding hydrogens is 330 g/mol. The molecule has 2 heterocycles. The van der Waals surface area contributed by atoms with Crippen LogP contribution in [0.1, 0.15) is 35.8 Å². The first-order valence-electron chi connectivity index (χ1n) is 8.86. The lowest BCUT2D eigenvalue weighted by Gasteiger charge is -2.24. The van der Waals surface area contributed by atoms with Crippen LogP contribution in [0.4, 0.5) is 0 Å². The Balaban J connectivity index is 1.79. The number of benzene rings is 1. The van der Waals surface area contributed by atoms with Gasteiger partial charge in [-0.2, -0.15) is 0 Å². The highest BCUT2D eigenvalue weighted by Crippen LogP contribution is 2.35. The predicted octanol–water partition coefficient (Wildman–Crippen LogP) is 3.84. The van der Waals surface area contributed by atoms with Gasteiger partial charge in [0.15, 0.2) is 0 Å². The van der Waals surface area contributed by atoms with Gasteiger partial charge in [-0.1, -0.05) is 41.7 Å². The summed E-state index contributed by atoms with van der Waals surface area (Å²) in [6, 6.07) is 6.18. The van der Waals surface area contributed by atoms with Gasteiger partial charge >= 0.3 is 0 Å². The van der Waals surface area contributed by atoms with Gasteiger partial charge in [-0.15, -0.1) is 0 Å². The number of likely N-dealkylation sites (tertiary alicyclic amines) is 1. The van der Waals surface area contributed by atoms with Crippen LogP contribution >= 0.6 is 0 Å². The van der Waals surface area contributed by atoms with Crippen LogP contribution in [0.2, 0.25) is 0 Å². The summed E-state index contributed by atoms with van der Waals surface area (Å²) >= 11 is 0. The maximum absolute atomic E-state index is 5.87. The fraction of sp³-hybridized carbons (Fsp3) is 0.400. The second-order valence-corrected chi connectivity index (χ2v) is 6.33. The number of ether oxygens (including phenoxy) is 2. The molecule has 0 amide bonds. The SMILES string of the molecule is C=CCOc1ccc(CN2CCC[C@@H]2c2nonc2C)c(OCC=C)c1. The molecule has 0 saturated carbocycles. The van der Waals surface area contributed by atoms with Gasteiger partial charge in [0.05, 0.1) is 6.04 Å². The highest BCUT2D eigenvalue weighted by molar-refractivity contribution is 5.41. The summed E-state index contributed by atoms with van der Waals surface area (Å²) in [6.07, 6.45) is 5.64. The molecule has 2 aromatic rings. The molecule has 1 aliphatic rings. The largest absolute Gasteiger partial charge is 0.489 e. The van der Waals surface area contributed by atoms with Crippen LogP contribution in [0, 0.1) is 6.92 Å². The molecule has 0 N–H and O–H groups in total. The molecule has 1 aromatic heterocycles. The molecule has 1 atom stereocenters. The van der Waals surface area contributed by atoms with E-state index in [0.717, 1.165) is 54.4 Å². The van der Waals surface area contributed by atoms with Crippen molar-refractivity contribution in [3.05, 3.63) is 60.5 Å². The molecular formula is C20H25N3O3. The lowest BCUT2D eigenvalue weighted by molar-refractivity contribution is 0.227. The fourth-order valence-corrected chi connectivity index (χ4v) is 3.28. The molecule has 1 aliphatic heterocycles. The Morgan fingerprint density at radius 2 is 2.04 bits per heavy atom. The molecule has 1 saturated heterocycles. The van der Waals surface area contributed by atoms with E-state index < -0.39 is 0 Å². The maximum Gasteiger partial charge on any atom is 0.127 e. The lowest BCUT2D eigenvalue weighted by atomic mass is 10.1. The molecule has 3 rings (SSSR count). The molecule has 6 heteroatoms. The normalized spacial score (nSPS) is 17.2. The topological polar surface area (TPSA) is 60.6 Å². The summed E-state index contributed by atoms with van der Waals surface area (Å²) in [4.78, 5) is 2.40. The van der Waals surface area contributed by atoms with Crippen LogP contribution in [0.25, 0.3) is 0 Å². The van der Waals surface area contributed by atoms with Gasteiger partial charge in [-0.25, -0.2) is 4.63 Å². The van der Waals surface area contributed by atoms with Gasteiger partial charge in [0.2, 0.25) is 0 Å².